The van der Waals surface area contributed by atoms with Crippen molar-refractivity contribution in [2.24, 2.45) is 0 Å². The SMILES string of the molecule is CCOc1cc(OCc2ccc(OC)cc2)ncc1-c1ccc(CC(=O)Nc2cc(C(=O)N[C@H]3C[C@@H](N(C)C)C3)cc(C(F)(F)F)c2)c(F)c1. The number of rotatable bonds is 13. The summed E-state index contributed by atoms with van der Waals surface area (Å²) in [4.78, 5) is 32.1. The van der Waals surface area contributed by atoms with Crippen molar-refractivity contribution in [1.29, 1.82) is 0 Å². The van der Waals surface area contributed by atoms with E-state index >= 15 is 4.39 Å². The van der Waals surface area contributed by atoms with Gasteiger partial charge in [0, 0.05) is 41.2 Å². The summed E-state index contributed by atoms with van der Waals surface area (Å²) in [6.45, 7) is 2.38. The maximum Gasteiger partial charge on any atom is 0.416 e. The molecular weight excluding hydrogens is 656 g/mol. The molecule has 2 N–H and O–H groups in total. The van der Waals surface area contributed by atoms with E-state index < -0.39 is 35.8 Å². The number of anilines is 1. The molecule has 0 bridgehead atoms. The Hall–Kier alpha value is -5.17. The van der Waals surface area contributed by atoms with Crippen LogP contribution in [0.3, 0.4) is 0 Å². The number of benzene rings is 3. The number of nitrogens with one attached hydrogen (secondary N) is 2. The Bertz CT molecular complexity index is 1830. The van der Waals surface area contributed by atoms with E-state index in [-0.39, 0.29) is 35.5 Å². The van der Waals surface area contributed by atoms with Crippen molar-refractivity contribution in [2.75, 3.05) is 33.1 Å². The van der Waals surface area contributed by atoms with Crippen molar-refractivity contribution in [2.45, 2.75) is 51.1 Å². The number of aromatic nitrogens is 1. The Morgan fingerprint density at radius 2 is 1.72 bits per heavy atom. The van der Waals surface area contributed by atoms with Gasteiger partial charge in [0.25, 0.3) is 5.91 Å². The number of hydrogen-bond donors (Lipinski definition) is 2. The number of amides is 2. The Kier molecular flexibility index (Phi) is 11.3. The summed E-state index contributed by atoms with van der Waals surface area (Å²) in [6, 6.07) is 16.0. The molecule has 3 aromatic carbocycles. The highest BCUT2D eigenvalue weighted by atomic mass is 19.4. The van der Waals surface area contributed by atoms with Crippen molar-refractivity contribution < 1.29 is 41.4 Å². The molecule has 2 amide bonds. The summed E-state index contributed by atoms with van der Waals surface area (Å²) in [5.74, 6) is -0.699. The van der Waals surface area contributed by atoms with E-state index in [9.17, 15) is 22.8 Å². The smallest absolute Gasteiger partial charge is 0.416 e. The average molecular weight is 695 g/mol. The second-order valence-corrected chi connectivity index (χ2v) is 12.2. The van der Waals surface area contributed by atoms with E-state index in [0.717, 1.165) is 23.4 Å². The molecule has 264 valence electrons. The van der Waals surface area contributed by atoms with Crippen molar-refractivity contribution in [1.82, 2.24) is 15.2 Å². The highest BCUT2D eigenvalue weighted by Crippen LogP contribution is 2.35. The molecule has 1 aromatic heterocycles. The third-order valence-corrected chi connectivity index (χ3v) is 8.39. The van der Waals surface area contributed by atoms with Gasteiger partial charge in [0.1, 0.15) is 23.9 Å². The molecular formula is C37H38F4N4O5. The van der Waals surface area contributed by atoms with Gasteiger partial charge in [-0.1, -0.05) is 24.3 Å². The lowest BCUT2D eigenvalue weighted by Crippen LogP contribution is -2.51. The number of hydrogen-bond acceptors (Lipinski definition) is 7. The molecule has 0 aliphatic heterocycles. The fourth-order valence-electron chi connectivity index (χ4n) is 5.50. The maximum atomic E-state index is 15.3. The van der Waals surface area contributed by atoms with Crippen LogP contribution in [0.15, 0.2) is 72.9 Å². The van der Waals surface area contributed by atoms with Crippen LogP contribution in [0.5, 0.6) is 17.4 Å². The first-order valence-electron chi connectivity index (χ1n) is 16.0. The zero-order valence-corrected chi connectivity index (χ0v) is 28.1. The number of methoxy groups -OCH3 is 1. The molecule has 13 heteroatoms. The Labute approximate surface area is 287 Å². The fourth-order valence-corrected chi connectivity index (χ4v) is 5.50. The quantitative estimate of drug-likeness (QED) is 0.147. The number of halogens is 4. The summed E-state index contributed by atoms with van der Waals surface area (Å²) >= 11 is 0. The lowest BCUT2D eigenvalue weighted by Gasteiger charge is -2.39. The zero-order chi connectivity index (χ0) is 36.0. The van der Waals surface area contributed by atoms with Gasteiger partial charge in [-0.2, -0.15) is 13.2 Å². The van der Waals surface area contributed by atoms with Crippen LogP contribution in [0.4, 0.5) is 23.2 Å². The highest BCUT2D eigenvalue weighted by molar-refractivity contribution is 5.98. The first-order chi connectivity index (χ1) is 23.8. The summed E-state index contributed by atoms with van der Waals surface area (Å²) in [5.41, 5.74) is 0.281. The molecule has 4 aromatic rings. The van der Waals surface area contributed by atoms with E-state index in [1.165, 1.54) is 24.4 Å². The van der Waals surface area contributed by atoms with Crippen LogP contribution in [0.25, 0.3) is 11.1 Å². The molecule has 1 saturated carbocycles. The largest absolute Gasteiger partial charge is 0.497 e. The first kappa shape index (κ1) is 36.1. The molecule has 1 aliphatic carbocycles. The van der Waals surface area contributed by atoms with Gasteiger partial charge in [-0.25, -0.2) is 9.37 Å². The zero-order valence-electron chi connectivity index (χ0n) is 28.1. The normalized spacial score (nSPS) is 15.6. The van der Waals surface area contributed by atoms with Gasteiger partial charge >= 0.3 is 6.18 Å². The van der Waals surface area contributed by atoms with Gasteiger partial charge in [0.2, 0.25) is 11.8 Å². The molecule has 5 rings (SSSR count). The highest BCUT2D eigenvalue weighted by Gasteiger charge is 2.34. The molecule has 0 unspecified atom stereocenters. The van der Waals surface area contributed by atoms with E-state index in [2.05, 4.69) is 15.6 Å². The van der Waals surface area contributed by atoms with Gasteiger partial charge in [-0.15, -0.1) is 0 Å². The Morgan fingerprint density at radius 1 is 0.980 bits per heavy atom. The number of alkyl halides is 3. The van der Waals surface area contributed by atoms with E-state index in [0.29, 0.717) is 42.2 Å². The Morgan fingerprint density at radius 3 is 2.36 bits per heavy atom. The molecule has 50 heavy (non-hydrogen) atoms. The number of carbonyl (C=O) groups is 2. The van der Waals surface area contributed by atoms with E-state index in [1.807, 2.05) is 43.3 Å². The second-order valence-electron chi connectivity index (χ2n) is 12.2. The lowest BCUT2D eigenvalue weighted by molar-refractivity contribution is -0.137. The predicted molar refractivity (Wildman–Crippen MR) is 180 cm³/mol. The molecule has 0 spiro atoms. The number of ether oxygens (including phenoxy) is 3. The molecule has 1 fully saturated rings. The van der Waals surface area contributed by atoms with Crippen molar-refractivity contribution in [3.05, 3.63) is 101 Å². The van der Waals surface area contributed by atoms with Crippen molar-refractivity contribution in [3.63, 3.8) is 0 Å². The Balaban J connectivity index is 1.26. The molecule has 1 aliphatic rings. The van der Waals surface area contributed by atoms with Crippen LogP contribution >= 0.6 is 0 Å². The average Bonchev–Trinajstić information content (AvgIpc) is 3.05. The third-order valence-electron chi connectivity index (χ3n) is 8.39. The minimum atomic E-state index is -4.76. The molecule has 0 saturated heterocycles. The molecule has 1 heterocycles. The minimum absolute atomic E-state index is 0.0157. The summed E-state index contributed by atoms with van der Waals surface area (Å²) < 4.78 is 73.3. The van der Waals surface area contributed by atoms with Crippen LogP contribution in [-0.4, -0.2) is 61.6 Å². The fraction of sp³-hybridized carbons (Fsp3) is 0.324. The lowest BCUT2D eigenvalue weighted by atomic mass is 9.86. The number of carbonyl (C=O) groups excluding carboxylic acids is 2. The van der Waals surface area contributed by atoms with Crippen LogP contribution in [0.1, 0.15) is 46.8 Å². The van der Waals surface area contributed by atoms with Gasteiger partial charge in [-0.3, -0.25) is 9.59 Å². The molecule has 9 nitrogen and oxygen atoms in total. The van der Waals surface area contributed by atoms with Crippen LogP contribution in [0.2, 0.25) is 0 Å². The molecule has 0 radical (unpaired) electrons. The third kappa shape index (κ3) is 9.08. The van der Waals surface area contributed by atoms with Crippen LogP contribution in [0, 0.1) is 5.82 Å². The van der Waals surface area contributed by atoms with Crippen LogP contribution < -0.4 is 24.8 Å². The van der Waals surface area contributed by atoms with E-state index in [1.54, 1.807) is 26.2 Å². The van der Waals surface area contributed by atoms with Gasteiger partial charge < -0.3 is 29.7 Å². The molecule has 0 atom stereocenters. The van der Waals surface area contributed by atoms with E-state index in [4.69, 9.17) is 14.2 Å². The predicted octanol–water partition coefficient (Wildman–Crippen LogP) is 6.90. The number of nitrogens with zero attached hydrogens (tertiary/aromatic N) is 2. The summed E-state index contributed by atoms with van der Waals surface area (Å²) in [6.07, 6.45) is -2.37. The van der Waals surface area contributed by atoms with Crippen LogP contribution in [-0.2, 0) is 24.0 Å². The monoisotopic (exact) mass is 694 g/mol. The summed E-state index contributed by atoms with van der Waals surface area (Å²) in [5, 5.41) is 5.15. The standard InChI is InChI=1S/C37H38F4N4O5/c1-5-49-33-19-35(50-21-22-6-10-30(48-4)11-7-22)42-20-31(33)23-8-9-24(32(38)14-23)15-34(46)43-27-13-25(12-26(16-27)37(39,40)41)36(47)44-28-17-29(18-28)45(2)3/h6-14,16,19-20,28-29H,5,15,17-18,21H2,1-4H3,(H,43,46)(H,44,47)/t28-,29+. The second kappa shape index (κ2) is 15.6. The van der Waals surface area contributed by atoms with Crippen molar-refractivity contribution in [3.8, 4) is 28.5 Å². The topological polar surface area (TPSA) is 102 Å². The summed E-state index contributed by atoms with van der Waals surface area (Å²) in [7, 11) is 5.42. The van der Waals surface area contributed by atoms with Gasteiger partial charge in [0.15, 0.2) is 0 Å². The van der Waals surface area contributed by atoms with Gasteiger partial charge in [0.05, 0.1) is 25.7 Å². The van der Waals surface area contributed by atoms with Gasteiger partial charge in [-0.05, 0) is 86.9 Å². The van der Waals surface area contributed by atoms with Crippen molar-refractivity contribution >= 4 is 17.5 Å². The number of pyridine rings is 1. The first-order valence-corrected chi connectivity index (χ1v) is 16.0. The maximum absolute atomic E-state index is 15.3. The minimum Gasteiger partial charge on any atom is -0.497 e.